The highest BCUT2D eigenvalue weighted by molar-refractivity contribution is 5.45. The van der Waals surface area contributed by atoms with Gasteiger partial charge in [0.2, 0.25) is 0 Å². The zero-order valence-electron chi connectivity index (χ0n) is 8.11. The van der Waals surface area contributed by atoms with Crippen molar-refractivity contribution in [2.75, 3.05) is 7.11 Å². The number of phenolic OH excluding ortho intramolecular Hbond substituents is 1. The van der Waals surface area contributed by atoms with E-state index in [-0.39, 0.29) is 5.75 Å². The lowest BCUT2D eigenvalue weighted by molar-refractivity contribution is 0.372. The van der Waals surface area contributed by atoms with Crippen LogP contribution in [0.4, 0.5) is 0 Å². The Labute approximate surface area is 82.5 Å². The van der Waals surface area contributed by atoms with Gasteiger partial charge in [-0.3, -0.25) is 0 Å². The maximum absolute atomic E-state index is 9.32. The Balaban J connectivity index is 3.21. The summed E-state index contributed by atoms with van der Waals surface area (Å²) in [6, 6.07) is 6.58. The molecule has 1 aromatic carbocycles. The molecule has 1 atom stereocenters. The summed E-state index contributed by atoms with van der Waals surface area (Å²) in [5, 5.41) is 18.1. The molecule has 1 rings (SSSR count). The second kappa shape index (κ2) is 3.56. The summed E-state index contributed by atoms with van der Waals surface area (Å²) in [6.07, 6.45) is 0. The number of phenols is 1. The predicted molar refractivity (Wildman–Crippen MR) is 51.8 cm³/mol. The maximum atomic E-state index is 9.32. The van der Waals surface area contributed by atoms with Gasteiger partial charge in [-0.15, -0.1) is 0 Å². The molecular formula is C10H12N2O2. The van der Waals surface area contributed by atoms with Crippen molar-refractivity contribution in [3.8, 4) is 17.6 Å². The van der Waals surface area contributed by atoms with E-state index in [1.807, 2.05) is 6.07 Å². The molecule has 0 bridgehead atoms. The Morgan fingerprint density at radius 2 is 2.21 bits per heavy atom. The summed E-state index contributed by atoms with van der Waals surface area (Å²) in [6.45, 7) is 1.60. The van der Waals surface area contributed by atoms with Crippen LogP contribution in [0.15, 0.2) is 18.2 Å². The monoisotopic (exact) mass is 192 g/mol. The van der Waals surface area contributed by atoms with Gasteiger partial charge in [0.1, 0.15) is 5.54 Å². The van der Waals surface area contributed by atoms with Gasteiger partial charge >= 0.3 is 0 Å². The minimum absolute atomic E-state index is 0.0324. The van der Waals surface area contributed by atoms with Crippen molar-refractivity contribution < 1.29 is 9.84 Å². The zero-order chi connectivity index (χ0) is 10.8. The lowest BCUT2D eigenvalue weighted by atomic mass is 9.95. The number of rotatable bonds is 2. The maximum Gasteiger partial charge on any atom is 0.160 e. The number of nitriles is 1. The van der Waals surface area contributed by atoms with Crippen molar-refractivity contribution in [3.05, 3.63) is 23.8 Å². The number of hydrogen-bond acceptors (Lipinski definition) is 4. The average molecular weight is 192 g/mol. The SMILES string of the molecule is COc1cc(C(C)(N)C#N)ccc1O. The van der Waals surface area contributed by atoms with E-state index >= 15 is 0 Å². The third-order valence-electron chi connectivity index (χ3n) is 2.01. The molecule has 0 saturated carbocycles. The highest BCUT2D eigenvalue weighted by Gasteiger charge is 2.21. The van der Waals surface area contributed by atoms with Crippen LogP contribution in [0.3, 0.4) is 0 Å². The number of ether oxygens (including phenoxy) is 1. The first kappa shape index (κ1) is 10.4. The van der Waals surface area contributed by atoms with Crippen LogP contribution in [-0.4, -0.2) is 12.2 Å². The Hall–Kier alpha value is -1.73. The molecule has 0 heterocycles. The van der Waals surface area contributed by atoms with E-state index in [9.17, 15) is 5.11 Å². The van der Waals surface area contributed by atoms with Gasteiger partial charge in [0, 0.05) is 0 Å². The van der Waals surface area contributed by atoms with Crippen LogP contribution >= 0.6 is 0 Å². The van der Waals surface area contributed by atoms with Gasteiger partial charge in [0.25, 0.3) is 0 Å². The van der Waals surface area contributed by atoms with Gasteiger partial charge in [-0.25, -0.2) is 0 Å². The molecule has 74 valence electrons. The molecule has 0 radical (unpaired) electrons. The number of nitrogens with two attached hydrogens (primary N) is 1. The van der Waals surface area contributed by atoms with Gasteiger partial charge in [-0.1, -0.05) is 6.07 Å². The lowest BCUT2D eigenvalue weighted by Gasteiger charge is -2.16. The fourth-order valence-electron chi connectivity index (χ4n) is 1.07. The van der Waals surface area contributed by atoms with Crippen LogP contribution in [0.25, 0.3) is 0 Å². The standard InChI is InChI=1S/C10H12N2O2/c1-10(12,6-11)7-3-4-8(13)9(5-7)14-2/h3-5,13H,12H2,1-2H3. The number of methoxy groups -OCH3 is 1. The summed E-state index contributed by atoms with van der Waals surface area (Å²) in [5.74, 6) is 0.347. The molecule has 1 unspecified atom stereocenters. The fourth-order valence-corrected chi connectivity index (χ4v) is 1.07. The van der Waals surface area contributed by atoms with Crippen molar-refractivity contribution in [2.45, 2.75) is 12.5 Å². The molecule has 4 heteroatoms. The van der Waals surface area contributed by atoms with Gasteiger partial charge in [0.15, 0.2) is 11.5 Å². The predicted octanol–water partition coefficient (Wildman–Crippen LogP) is 1.10. The molecular weight excluding hydrogens is 180 g/mol. The van der Waals surface area contributed by atoms with Crippen LogP contribution in [-0.2, 0) is 5.54 Å². The molecule has 3 N–H and O–H groups in total. The molecule has 4 nitrogen and oxygen atoms in total. The summed E-state index contributed by atoms with van der Waals surface area (Å²) in [5.41, 5.74) is 5.25. The highest BCUT2D eigenvalue weighted by atomic mass is 16.5. The van der Waals surface area contributed by atoms with E-state index in [1.54, 1.807) is 19.1 Å². The Morgan fingerprint density at radius 1 is 1.57 bits per heavy atom. The van der Waals surface area contributed by atoms with Crippen molar-refractivity contribution >= 4 is 0 Å². The van der Waals surface area contributed by atoms with Crippen molar-refractivity contribution in [1.82, 2.24) is 0 Å². The van der Waals surface area contributed by atoms with Crippen LogP contribution < -0.4 is 10.5 Å². The van der Waals surface area contributed by atoms with Crippen LogP contribution in [0.5, 0.6) is 11.5 Å². The number of hydrogen-bond donors (Lipinski definition) is 2. The smallest absolute Gasteiger partial charge is 0.160 e. The largest absolute Gasteiger partial charge is 0.504 e. The summed E-state index contributed by atoms with van der Waals surface area (Å²) in [4.78, 5) is 0. The molecule has 0 aromatic heterocycles. The van der Waals surface area contributed by atoms with Crippen molar-refractivity contribution in [2.24, 2.45) is 5.73 Å². The minimum atomic E-state index is -1.07. The first-order valence-electron chi connectivity index (χ1n) is 4.09. The second-order valence-corrected chi connectivity index (χ2v) is 3.20. The number of benzene rings is 1. The first-order chi connectivity index (χ1) is 6.51. The highest BCUT2D eigenvalue weighted by Crippen LogP contribution is 2.29. The molecule has 0 saturated heterocycles. The van der Waals surface area contributed by atoms with Crippen LogP contribution in [0.1, 0.15) is 12.5 Å². The Kier molecular flexibility index (Phi) is 2.63. The van der Waals surface area contributed by atoms with E-state index < -0.39 is 5.54 Å². The molecule has 0 spiro atoms. The molecule has 1 aromatic rings. The van der Waals surface area contributed by atoms with Crippen LogP contribution in [0, 0.1) is 11.3 Å². The Morgan fingerprint density at radius 3 is 2.71 bits per heavy atom. The fraction of sp³-hybridized carbons (Fsp3) is 0.300. The van der Waals surface area contributed by atoms with Gasteiger partial charge in [0.05, 0.1) is 13.2 Å². The quantitative estimate of drug-likeness (QED) is 0.735. The summed E-state index contributed by atoms with van der Waals surface area (Å²) < 4.78 is 4.91. The third kappa shape index (κ3) is 1.78. The average Bonchev–Trinajstić information content (AvgIpc) is 2.18. The van der Waals surface area contributed by atoms with Crippen molar-refractivity contribution in [3.63, 3.8) is 0 Å². The molecule has 0 amide bonds. The number of aromatic hydroxyl groups is 1. The first-order valence-corrected chi connectivity index (χ1v) is 4.09. The van der Waals surface area contributed by atoms with E-state index in [4.69, 9.17) is 15.7 Å². The molecule has 0 aliphatic heterocycles. The molecule has 0 aliphatic carbocycles. The molecule has 14 heavy (non-hydrogen) atoms. The van der Waals surface area contributed by atoms with Crippen molar-refractivity contribution in [1.29, 1.82) is 5.26 Å². The minimum Gasteiger partial charge on any atom is -0.504 e. The van der Waals surface area contributed by atoms with Crippen LogP contribution in [0.2, 0.25) is 0 Å². The topological polar surface area (TPSA) is 79.3 Å². The van der Waals surface area contributed by atoms with E-state index in [2.05, 4.69) is 0 Å². The normalized spacial score (nSPS) is 14.1. The van der Waals surface area contributed by atoms with Gasteiger partial charge in [-0.2, -0.15) is 5.26 Å². The van der Waals surface area contributed by atoms with Gasteiger partial charge in [-0.05, 0) is 24.6 Å². The summed E-state index contributed by atoms with van der Waals surface area (Å²) >= 11 is 0. The number of nitrogens with zero attached hydrogens (tertiary/aromatic N) is 1. The lowest BCUT2D eigenvalue weighted by Crippen LogP contribution is -2.30. The Bertz CT molecular complexity index is 380. The molecule has 0 fully saturated rings. The molecule has 0 aliphatic rings. The second-order valence-electron chi connectivity index (χ2n) is 3.20. The zero-order valence-corrected chi connectivity index (χ0v) is 8.11. The van der Waals surface area contributed by atoms with E-state index in [0.717, 1.165) is 0 Å². The third-order valence-corrected chi connectivity index (χ3v) is 2.01. The van der Waals surface area contributed by atoms with E-state index in [0.29, 0.717) is 11.3 Å². The summed E-state index contributed by atoms with van der Waals surface area (Å²) in [7, 11) is 1.44. The van der Waals surface area contributed by atoms with Gasteiger partial charge < -0.3 is 15.6 Å². The van der Waals surface area contributed by atoms with E-state index in [1.165, 1.54) is 13.2 Å².